The van der Waals surface area contributed by atoms with Crippen LogP contribution in [0.1, 0.15) is 43.8 Å². The minimum atomic E-state index is -0.458. The van der Waals surface area contributed by atoms with E-state index in [4.69, 9.17) is 14.5 Å². The molecule has 0 saturated carbocycles. The van der Waals surface area contributed by atoms with Gasteiger partial charge < -0.3 is 19.4 Å². The maximum absolute atomic E-state index is 14.0. The SMILES string of the molecule is CC(Nc1ccn2ncc(-c3ccn(C4CCOCC4)c3)c2n1)c1cc(F)ccc1OCCCF. The smallest absolute Gasteiger partial charge is 0.165 e. The summed E-state index contributed by atoms with van der Waals surface area (Å²) < 4.78 is 41.6. The first kappa shape index (κ1) is 23.3. The number of rotatable bonds is 9. The molecule has 0 spiro atoms. The van der Waals surface area contributed by atoms with Gasteiger partial charge in [-0.15, -0.1) is 0 Å². The fourth-order valence-electron chi connectivity index (χ4n) is 4.46. The van der Waals surface area contributed by atoms with Crippen LogP contribution in [0.4, 0.5) is 14.6 Å². The zero-order chi connectivity index (χ0) is 24.2. The van der Waals surface area contributed by atoms with Crippen molar-refractivity contribution in [2.75, 3.05) is 31.8 Å². The fraction of sp³-hybridized carbons (Fsp3) is 0.385. The van der Waals surface area contributed by atoms with E-state index in [1.54, 1.807) is 10.6 Å². The molecule has 1 atom stereocenters. The average molecular weight is 482 g/mol. The van der Waals surface area contributed by atoms with E-state index in [1.165, 1.54) is 12.1 Å². The van der Waals surface area contributed by atoms with Crippen LogP contribution in [0.15, 0.2) is 55.1 Å². The highest BCUT2D eigenvalue weighted by molar-refractivity contribution is 5.77. The highest BCUT2D eigenvalue weighted by atomic mass is 19.1. The van der Waals surface area contributed by atoms with E-state index >= 15 is 0 Å². The fourth-order valence-corrected chi connectivity index (χ4v) is 4.46. The molecule has 1 fully saturated rings. The highest BCUT2D eigenvalue weighted by Crippen LogP contribution is 2.31. The number of nitrogens with zero attached hydrogens (tertiary/aromatic N) is 4. The molecule has 0 aliphatic carbocycles. The molecule has 184 valence electrons. The Kier molecular flexibility index (Phi) is 6.94. The summed E-state index contributed by atoms with van der Waals surface area (Å²) in [7, 11) is 0. The van der Waals surface area contributed by atoms with E-state index in [2.05, 4.69) is 33.4 Å². The first-order valence-electron chi connectivity index (χ1n) is 12.0. The summed E-state index contributed by atoms with van der Waals surface area (Å²) in [5.74, 6) is 0.803. The molecule has 5 rings (SSSR count). The van der Waals surface area contributed by atoms with Gasteiger partial charge >= 0.3 is 0 Å². The molecule has 1 N–H and O–H groups in total. The van der Waals surface area contributed by atoms with Crippen LogP contribution in [0.25, 0.3) is 16.8 Å². The number of hydrogen-bond acceptors (Lipinski definition) is 5. The maximum atomic E-state index is 14.0. The predicted octanol–water partition coefficient (Wildman–Crippen LogP) is 5.60. The van der Waals surface area contributed by atoms with Crippen LogP contribution in [0.2, 0.25) is 0 Å². The van der Waals surface area contributed by atoms with Crippen molar-refractivity contribution in [1.29, 1.82) is 0 Å². The van der Waals surface area contributed by atoms with Crippen LogP contribution >= 0.6 is 0 Å². The van der Waals surface area contributed by atoms with Crippen LogP contribution in [0.3, 0.4) is 0 Å². The second-order valence-corrected chi connectivity index (χ2v) is 8.77. The van der Waals surface area contributed by atoms with Gasteiger partial charge in [-0.3, -0.25) is 4.39 Å². The van der Waals surface area contributed by atoms with Gasteiger partial charge in [0.05, 0.1) is 25.5 Å². The molecule has 0 amide bonds. The molecule has 1 unspecified atom stereocenters. The van der Waals surface area contributed by atoms with E-state index < -0.39 is 6.67 Å². The van der Waals surface area contributed by atoms with Crippen LogP contribution in [0.5, 0.6) is 5.75 Å². The largest absolute Gasteiger partial charge is 0.493 e. The van der Waals surface area contributed by atoms with Crippen molar-refractivity contribution in [2.45, 2.75) is 38.3 Å². The van der Waals surface area contributed by atoms with Crippen molar-refractivity contribution < 1.29 is 18.3 Å². The zero-order valence-electron chi connectivity index (χ0n) is 19.7. The zero-order valence-corrected chi connectivity index (χ0v) is 19.7. The maximum Gasteiger partial charge on any atom is 0.165 e. The molecule has 7 nitrogen and oxygen atoms in total. The molecule has 1 saturated heterocycles. The normalized spacial score (nSPS) is 15.4. The molecule has 1 aromatic carbocycles. The third kappa shape index (κ3) is 5.14. The van der Waals surface area contributed by atoms with E-state index in [1.807, 2.05) is 25.4 Å². The summed E-state index contributed by atoms with van der Waals surface area (Å²) in [4.78, 5) is 4.80. The third-order valence-corrected chi connectivity index (χ3v) is 6.35. The van der Waals surface area contributed by atoms with Gasteiger partial charge in [-0.05, 0) is 50.1 Å². The molecule has 0 radical (unpaired) electrons. The summed E-state index contributed by atoms with van der Waals surface area (Å²) in [6.45, 7) is 3.27. The topological polar surface area (TPSA) is 65.6 Å². The lowest BCUT2D eigenvalue weighted by Crippen LogP contribution is -2.18. The van der Waals surface area contributed by atoms with Gasteiger partial charge in [0.25, 0.3) is 0 Å². The summed E-state index contributed by atoms with van der Waals surface area (Å²) >= 11 is 0. The number of nitrogens with one attached hydrogen (secondary N) is 1. The summed E-state index contributed by atoms with van der Waals surface area (Å²) in [6.07, 6.45) is 10.2. The number of aromatic nitrogens is 4. The molecule has 1 aliphatic rings. The van der Waals surface area contributed by atoms with Gasteiger partial charge in [0.1, 0.15) is 17.4 Å². The number of benzene rings is 1. The first-order valence-corrected chi connectivity index (χ1v) is 12.0. The van der Waals surface area contributed by atoms with Gasteiger partial charge in [-0.2, -0.15) is 5.10 Å². The lowest BCUT2D eigenvalue weighted by Gasteiger charge is -2.23. The second-order valence-electron chi connectivity index (χ2n) is 8.77. The molecule has 9 heteroatoms. The standard InChI is InChI=1S/C26H29F2N5O2/c1-18(22-15-20(28)3-4-24(22)35-12-2-9-27)30-25-6-11-33-26(31-25)23(16-29-33)19-5-10-32(17-19)21-7-13-34-14-8-21/h3-6,10-11,15-18,21H,2,7-9,12-14H2,1H3,(H,30,31). The van der Waals surface area contributed by atoms with Gasteiger partial charge in [-0.1, -0.05) is 0 Å². The Morgan fingerprint density at radius 2 is 2.06 bits per heavy atom. The number of fused-ring (bicyclic) bond motifs is 1. The highest BCUT2D eigenvalue weighted by Gasteiger charge is 2.18. The monoisotopic (exact) mass is 481 g/mol. The Labute approximate surface area is 202 Å². The molecular formula is C26H29F2N5O2. The summed E-state index contributed by atoms with van der Waals surface area (Å²) in [5, 5.41) is 7.80. The first-order chi connectivity index (χ1) is 17.1. The van der Waals surface area contributed by atoms with Crippen molar-refractivity contribution in [3.63, 3.8) is 0 Å². The Balaban J connectivity index is 1.38. The van der Waals surface area contributed by atoms with Crippen LogP contribution in [-0.2, 0) is 4.74 Å². The van der Waals surface area contributed by atoms with Crippen molar-refractivity contribution in [3.05, 3.63) is 66.5 Å². The molecule has 35 heavy (non-hydrogen) atoms. The van der Waals surface area contributed by atoms with Gasteiger partial charge in [0.15, 0.2) is 5.65 Å². The lowest BCUT2D eigenvalue weighted by atomic mass is 10.1. The summed E-state index contributed by atoms with van der Waals surface area (Å²) in [6, 6.07) is 8.43. The Morgan fingerprint density at radius 1 is 1.20 bits per heavy atom. The minimum Gasteiger partial charge on any atom is -0.493 e. The van der Waals surface area contributed by atoms with Crippen LogP contribution < -0.4 is 10.1 Å². The Hall–Kier alpha value is -3.46. The minimum absolute atomic E-state index is 0.235. The molecule has 0 bridgehead atoms. The average Bonchev–Trinajstić information content (AvgIpc) is 3.52. The number of alkyl halides is 1. The quantitative estimate of drug-likeness (QED) is 0.315. The van der Waals surface area contributed by atoms with Crippen LogP contribution in [0, 0.1) is 5.82 Å². The lowest BCUT2D eigenvalue weighted by molar-refractivity contribution is 0.0697. The third-order valence-electron chi connectivity index (χ3n) is 6.35. The van der Waals surface area contributed by atoms with E-state index in [0.717, 1.165) is 42.8 Å². The number of hydrogen-bond donors (Lipinski definition) is 1. The molecular weight excluding hydrogens is 452 g/mol. The number of ether oxygens (including phenoxy) is 2. The molecule has 3 aromatic heterocycles. The summed E-state index contributed by atoms with van der Waals surface area (Å²) in [5.41, 5.74) is 3.37. The van der Waals surface area contributed by atoms with Gasteiger partial charge in [0.2, 0.25) is 0 Å². The van der Waals surface area contributed by atoms with Crippen molar-refractivity contribution in [1.82, 2.24) is 19.2 Å². The van der Waals surface area contributed by atoms with E-state index in [-0.39, 0.29) is 24.9 Å². The number of halogens is 2. The van der Waals surface area contributed by atoms with Gasteiger partial charge in [0, 0.05) is 61.0 Å². The Bertz CT molecular complexity index is 1280. The molecule has 4 heterocycles. The van der Waals surface area contributed by atoms with Crippen molar-refractivity contribution >= 4 is 11.5 Å². The van der Waals surface area contributed by atoms with E-state index in [9.17, 15) is 8.78 Å². The number of anilines is 1. The molecule has 4 aromatic rings. The second kappa shape index (κ2) is 10.4. The predicted molar refractivity (Wildman–Crippen MR) is 130 cm³/mol. The van der Waals surface area contributed by atoms with Crippen molar-refractivity contribution in [2.24, 2.45) is 0 Å². The van der Waals surface area contributed by atoms with Crippen molar-refractivity contribution in [3.8, 4) is 16.9 Å². The molecule has 1 aliphatic heterocycles. The van der Waals surface area contributed by atoms with E-state index in [0.29, 0.717) is 23.2 Å². The van der Waals surface area contributed by atoms with Gasteiger partial charge in [-0.25, -0.2) is 13.9 Å². The Morgan fingerprint density at radius 3 is 2.89 bits per heavy atom. The van der Waals surface area contributed by atoms with Crippen LogP contribution in [-0.4, -0.2) is 45.7 Å².